The zero-order valence-corrected chi connectivity index (χ0v) is 18.3. The van der Waals surface area contributed by atoms with Gasteiger partial charge in [-0.05, 0) is 12.2 Å². The topological polar surface area (TPSA) is 220 Å². The van der Waals surface area contributed by atoms with Gasteiger partial charge in [0.05, 0.1) is 13.2 Å². The SMILES string of the molecule is CO/N=C1/C=C[C@@H](O)[C@H](O[C@@H]2O[C@H](CO[C@@H]3O[C@H](CO)[C@@H](O)[C@H](O)[C@H]3O)[C@@H](O)[C@H](O)[C@H]2O)S1. The van der Waals surface area contributed by atoms with Crippen LogP contribution in [0, 0.1) is 0 Å². The maximum atomic E-state index is 10.3. The van der Waals surface area contributed by atoms with E-state index in [-0.39, 0.29) is 0 Å². The van der Waals surface area contributed by atoms with Crippen LogP contribution >= 0.6 is 11.8 Å². The summed E-state index contributed by atoms with van der Waals surface area (Å²) in [6, 6.07) is 0. The number of thioether (sulfide) groups is 1. The van der Waals surface area contributed by atoms with E-state index in [0.717, 1.165) is 11.8 Å². The lowest BCUT2D eigenvalue weighted by Gasteiger charge is -2.43. The van der Waals surface area contributed by atoms with Gasteiger partial charge >= 0.3 is 0 Å². The molecule has 14 nitrogen and oxygen atoms in total. The maximum absolute atomic E-state index is 10.3. The Kier molecular flexibility index (Phi) is 9.44. The molecule has 33 heavy (non-hydrogen) atoms. The zero-order chi connectivity index (χ0) is 24.3. The lowest BCUT2D eigenvalue weighted by molar-refractivity contribution is -0.333. The predicted octanol–water partition coefficient (Wildman–Crippen LogP) is -4.42. The molecule has 2 fully saturated rings. The normalized spacial score (nSPS) is 47.6. The van der Waals surface area contributed by atoms with E-state index in [9.17, 15) is 40.9 Å². The molecule has 12 atom stereocenters. The van der Waals surface area contributed by atoms with E-state index in [1.165, 1.54) is 19.3 Å². The quantitative estimate of drug-likeness (QED) is 0.155. The van der Waals surface area contributed by atoms with Crippen LogP contribution in [0.5, 0.6) is 0 Å². The fourth-order valence-electron chi connectivity index (χ4n) is 3.44. The van der Waals surface area contributed by atoms with E-state index in [1.807, 2.05) is 0 Å². The van der Waals surface area contributed by atoms with Crippen molar-refractivity contribution in [3.05, 3.63) is 12.2 Å². The summed E-state index contributed by atoms with van der Waals surface area (Å²) in [6.45, 7) is -1.15. The van der Waals surface area contributed by atoms with Gasteiger partial charge in [-0.15, -0.1) is 0 Å². The summed E-state index contributed by atoms with van der Waals surface area (Å²) in [5, 5.41) is 84.0. The molecule has 0 amide bonds. The van der Waals surface area contributed by atoms with Crippen LogP contribution in [0.15, 0.2) is 17.3 Å². The molecular weight excluding hydrogens is 470 g/mol. The van der Waals surface area contributed by atoms with Crippen molar-refractivity contribution in [1.82, 2.24) is 0 Å². The predicted molar refractivity (Wildman–Crippen MR) is 108 cm³/mol. The number of nitrogens with zero attached hydrogens (tertiary/aromatic N) is 1. The second kappa shape index (κ2) is 11.7. The Bertz CT molecular complexity index is 696. The Morgan fingerprint density at radius 1 is 0.879 bits per heavy atom. The minimum Gasteiger partial charge on any atom is -0.398 e. The Morgan fingerprint density at radius 2 is 1.48 bits per heavy atom. The van der Waals surface area contributed by atoms with Gasteiger partial charge in [-0.1, -0.05) is 16.9 Å². The van der Waals surface area contributed by atoms with E-state index in [2.05, 4.69) is 9.99 Å². The molecule has 0 bridgehead atoms. The van der Waals surface area contributed by atoms with Gasteiger partial charge in [0.1, 0.15) is 72.5 Å². The molecule has 190 valence electrons. The minimum absolute atomic E-state index is 0.376. The number of hydrogen-bond donors (Lipinski definition) is 8. The first-order chi connectivity index (χ1) is 15.7. The standard InChI is InChI=1S/C18H29NO13S/c1-28-19-9-3-2-6(21)18(33-9)32-17-15(27)13(25)11(23)8(31-17)5-29-16-14(26)12(24)10(22)7(4-20)30-16/h2-3,6-8,10-18,20-27H,4-5H2,1H3/b19-9-/t6-,7-,8-,10-,11-,12+,13+,14-,15-,16-,17+,18-/m1/s1. The fourth-order valence-corrected chi connectivity index (χ4v) is 4.35. The van der Waals surface area contributed by atoms with Gasteiger partial charge in [0.25, 0.3) is 0 Å². The maximum Gasteiger partial charge on any atom is 0.188 e. The minimum atomic E-state index is -1.71. The second-order valence-electron chi connectivity index (χ2n) is 7.63. The number of oxime groups is 1. The Balaban J connectivity index is 1.63. The molecule has 0 aromatic carbocycles. The third-order valence-corrected chi connectivity index (χ3v) is 6.42. The summed E-state index contributed by atoms with van der Waals surface area (Å²) in [7, 11) is 1.34. The molecule has 2 saturated heterocycles. The summed E-state index contributed by atoms with van der Waals surface area (Å²) in [4.78, 5) is 4.68. The molecule has 0 aromatic heterocycles. The summed E-state index contributed by atoms with van der Waals surface area (Å²) >= 11 is 0.974. The molecule has 3 rings (SSSR count). The van der Waals surface area contributed by atoms with E-state index in [4.69, 9.17) is 18.9 Å². The summed E-state index contributed by atoms with van der Waals surface area (Å²) in [5.74, 6) is 0. The van der Waals surface area contributed by atoms with Crippen LogP contribution in [0.3, 0.4) is 0 Å². The van der Waals surface area contributed by atoms with Crippen LogP contribution in [-0.4, -0.2) is 139 Å². The van der Waals surface area contributed by atoms with Gasteiger partial charge in [-0.3, -0.25) is 0 Å². The molecule has 3 aliphatic heterocycles. The first kappa shape index (κ1) is 26.7. The third-order valence-electron chi connectivity index (χ3n) is 5.34. The lowest BCUT2D eigenvalue weighted by atomic mass is 9.98. The molecule has 0 spiro atoms. The fraction of sp³-hybridized carbons (Fsp3) is 0.833. The molecule has 0 aromatic rings. The molecule has 0 unspecified atom stereocenters. The molecule has 0 radical (unpaired) electrons. The van der Waals surface area contributed by atoms with Crippen molar-refractivity contribution in [1.29, 1.82) is 0 Å². The van der Waals surface area contributed by atoms with Gasteiger partial charge in [0.2, 0.25) is 0 Å². The van der Waals surface area contributed by atoms with Crippen molar-refractivity contribution in [3.63, 3.8) is 0 Å². The molecule has 0 aliphatic carbocycles. The Morgan fingerprint density at radius 3 is 2.12 bits per heavy atom. The van der Waals surface area contributed by atoms with E-state index >= 15 is 0 Å². The van der Waals surface area contributed by atoms with Crippen LogP contribution in [-0.2, 0) is 23.8 Å². The van der Waals surface area contributed by atoms with Crippen molar-refractivity contribution >= 4 is 16.8 Å². The lowest BCUT2D eigenvalue weighted by Crippen LogP contribution is -2.62. The first-order valence-corrected chi connectivity index (χ1v) is 11.0. The summed E-state index contributed by atoms with van der Waals surface area (Å²) in [6.07, 6.45) is -13.6. The van der Waals surface area contributed by atoms with E-state index in [0.29, 0.717) is 5.04 Å². The van der Waals surface area contributed by atoms with Crippen LogP contribution in [0.4, 0.5) is 0 Å². The number of aliphatic hydroxyl groups is 8. The molecule has 3 aliphatic rings. The molecular formula is C18H29NO13S. The average molecular weight is 499 g/mol. The van der Waals surface area contributed by atoms with Crippen LogP contribution < -0.4 is 0 Å². The number of ether oxygens (including phenoxy) is 4. The highest BCUT2D eigenvalue weighted by atomic mass is 32.2. The second-order valence-corrected chi connectivity index (χ2v) is 8.75. The zero-order valence-electron chi connectivity index (χ0n) is 17.5. The van der Waals surface area contributed by atoms with E-state index < -0.39 is 86.2 Å². The smallest absolute Gasteiger partial charge is 0.188 e. The van der Waals surface area contributed by atoms with Crippen molar-refractivity contribution < 1.29 is 64.6 Å². The monoisotopic (exact) mass is 499 g/mol. The highest BCUT2D eigenvalue weighted by molar-refractivity contribution is 8.14. The highest BCUT2D eigenvalue weighted by Crippen LogP contribution is 2.31. The van der Waals surface area contributed by atoms with E-state index in [1.54, 1.807) is 0 Å². The number of aliphatic hydroxyl groups excluding tert-OH is 8. The van der Waals surface area contributed by atoms with Crippen LogP contribution in [0.2, 0.25) is 0 Å². The first-order valence-electron chi connectivity index (χ1n) is 10.1. The van der Waals surface area contributed by atoms with Crippen molar-refractivity contribution in [3.8, 4) is 0 Å². The Labute approximate surface area is 192 Å². The van der Waals surface area contributed by atoms with Crippen LogP contribution in [0.25, 0.3) is 0 Å². The van der Waals surface area contributed by atoms with Gasteiger partial charge in [0.15, 0.2) is 12.6 Å². The number of rotatable bonds is 7. The van der Waals surface area contributed by atoms with Gasteiger partial charge < -0.3 is 64.6 Å². The molecule has 0 saturated carbocycles. The molecule has 3 heterocycles. The molecule has 15 heteroatoms. The van der Waals surface area contributed by atoms with Gasteiger partial charge in [0, 0.05) is 0 Å². The van der Waals surface area contributed by atoms with Gasteiger partial charge in [-0.2, -0.15) is 0 Å². The summed E-state index contributed by atoms with van der Waals surface area (Å²) < 4.78 is 21.7. The number of hydrogen-bond acceptors (Lipinski definition) is 15. The highest BCUT2D eigenvalue weighted by Gasteiger charge is 2.48. The average Bonchev–Trinajstić information content (AvgIpc) is 2.80. The van der Waals surface area contributed by atoms with Gasteiger partial charge in [-0.25, -0.2) is 0 Å². The van der Waals surface area contributed by atoms with Crippen LogP contribution in [0.1, 0.15) is 0 Å². The summed E-state index contributed by atoms with van der Waals surface area (Å²) in [5.41, 5.74) is -0.988. The molecule has 8 N–H and O–H groups in total. The van der Waals surface area contributed by atoms with Crippen molar-refractivity contribution in [2.45, 2.75) is 73.0 Å². The van der Waals surface area contributed by atoms with Crippen molar-refractivity contribution in [2.75, 3.05) is 20.3 Å². The Hall–Kier alpha value is -0.920. The van der Waals surface area contributed by atoms with Crippen molar-refractivity contribution in [2.24, 2.45) is 5.16 Å². The largest absolute Gasteiger partial charge is 0.398 e. The third kappa shape index (κ3) is 6.02.